The highest BCUT2D eigenvalue weighted by Gasteiger charge is 2.07. The third-order valence-corrected chi connectivity index (χ3v) is 3.96. The average molecular weight is 302 g/mol. The van der Waals surface area contributed by atoms with Gasteiger partial charge >= 0.3 is 0 Å². The zero-order chi connectivity index (χ0) is 16.2. The maximum absolute atomic E-state index is 12.3. The van der Waals surface area contributed by atoms with E-state index < -0.39 is 0 Å². The van der Waals surface area contributed by atoms with Gasteiger partial charge in [-0.05, 0) is 28.8 Å². The second-order valence-electron chi connectivity index (χ2n) is 5.51. The van der Waals surface area contributed by atoms with Crippen molar-refractivity contribution in [2.75, 3.05) is 0 Å². The Bertz CT molecular complexity index is 874. The molecule has 1 N–H and O–H groups in total. The van der Waals surface area contributed by atoms with Gasteiger partial charge in [-0.25, -0.2) is 0 Å². The van der Waals surface area contributed by atoms with Gasteiger partial charge in [0, 0.05) is 17.2 Å². The minimum absolute atomic E-state index is 0.0136. The fourth-order valence-electron chi connectivity index (χ4n) is 2.54. The first-order chi connectivity index (χ1) is 11.2. The lowest BCUT2D eigenvalue weighted by Gasteiger charge is -2.04. The van der Waals surface area contributed by atoms with Crippen LogP contribution in [0.2, 0.25) is 0 Å². The van der Waals surface area contributed by atoms with E-state index in [9.17, 15) is 9.90 Å². The zero-order valence-electron chi connectivity index (χ0n) is 13.0. The molecule has 23 heavy (non-hydrogen) atoms. The van der Waals surface area contributed by atoms with E-state index in [4.69, 9.17) is 0 Å². The van der Waals surface area contributed by atoms with Gasteiger partial charge in [0.05, 0.1) is 0 Å². The summed E-state index contributed by atoms with van der Waals surface area (Å²) in [6.07, 6.45) is 2.22. The number of benzene rings is 3. The molecular weight excluding hydrogens is 284 g/mol. The van der Waals surface area contributed by atoms with Gasteiger partial charge in [0.1, 0.15) is 5.76 Å². The van der Waals surface area contributed by atoms with E-state index in [0.29, 0.717) is 11.1 Å². The summed E-state index contributed by atoms with van der Waals surface area (Å²) in [7, 11) is 0. The number of rotatable bonds is 4. The van der Waals surface area contributed by atoms with Crippen LogP contribution in [0, 0.1) is 0 Å². The summed E-state index contributed by atoms with van der Waals surface area (Å²) in [6.45, 7) is 2.07. The second-order valence-corrected chi connectivity index (χ2v) is 5.51. The van der Waals surface area contributed by atoms with E-state index in [1.807, 2.05) is 54.6 Å². The van der Waals surface area contributed by atoms with Gasteiger partial charge in [0.15, 0.2) is 5.78 Å². The van der Waals surface area contributed by atoms with Crippen LogP contribution in [0.5, 0.6) is 0 Å². The van der Waals surface area contributed by atoms with Crippen molar-refractivity contribution in [3.05, 3.63) is 89.5 Å². The van der Waals surface area contributed by atoms with Gasteiger partial charge in [-0.3, -0.25) is 4.79 Å². The molecular formula is C21H18O2. The highest BCUT2D eigenvalue weighted by atomic mass is 16.3. The Morgan fingerprint density at radius 2 is 1.57 bits per heavy atom. The zero-order valence-corrected chi connectivity index (χ0v) is 13.0. The first-order valence-corrected chi connectivity index (χ1v) is 7.70. The van der Waals surface area contributed by atoms with Crippen LogP contribution < -0.4 is 0 Å². The van der Waals surface area contributed by atoms with Crippen molar-refractivity contribution in [2.45, 2.75) is 13.3 Å². The number of ketones is 1. The summed E-state index contributed by atoms with van der Waals surface area (Å²) in [5, 5.41) is 12.4. The van der Waals surface area contributed by atoms with Crippen LogP contribution in [0.15, 0.2) is 72.8 Å². The number of fused-ring (bicyclic) bond motifs is 1. The van der Waals surface area contributed by atoms with Crippen molar-refractivity contribution in [1.29, 1.82) is 0 Å². The van der Waals surface area contributed by atoms with E-state index >= 15 is 0 Å². The van der Waals surface area contributed by atoms with E-state index in [2.05, 4.69) is 6.92 Å². The SMILES string of the molecule is CCc1ccc(C(=O)/C=C(\O)c2ccc3ccccc3c2)cc1. The van der Waals surface area contributed by atoms with Crippen molar-refractivity contribution in [2.24, 2.45) is 0 Å². The quantitative estimate of drug-likeness (QED) is 0.409. The molecule has 0 unspecified atom stereocenters. The fraction of sp³-hybridized carbons (Fsp3) is 0.0952. The van der Waals surface area contributed by atoms with Crippen molar-refractivity contribution in [1.82, 2.24) is 0 Å². The van der Waals surface area contributed by atoms with Crippen molar-refractivity contribution in [3.63, 3.8) is 0 Å². The van der Waals surface area contributed by atoms with Crippen LogP contribution >= 0.6 is 0 Å². The monoisotopic (exact) mass is 302 g/mol. The van der Waals surface area contributed by atoms with E-state index in [1.165, 1.54) is 11.6 Å². The standard InChI is InChI=1S/C21H18O2/c1-2-15-7-9-17(10-8-15)20(22)14-21(23)19-12-11-16-5-3-4-6-18(16)13-19/h3-14,23H,2H2,1H3/b21-14-. The van der Waals surface area contributed by atoms with Gasteiger partial charge in [0.2, 0.25) is 0 Å². The van der Waals surface area contributed by atoms with Crippen LogP contribution in [0.4, 0.5) is 0 Å². The van der Waals surface area contributed by atoms with Gasteiger partial charge in [0.25, 0.3) is 0 Å². The van der Waals surface area contributed by atoms with E-state index in [-0.39, 0.29) is 11.5 Å². The normalized spacial score (nSPS) is 11.6. The number of aliphatic hydroxyl groups is 1. The van der Waals surface area contributed by atoms with E-state index in [1.54, 1.807) is 12.1 Å². The summed E-state index contributed by atoms with van der Waals surface area (Å²) in [6, 6.07) is 21.0. The Morgan fingerprint density at radius 1 is 0.913 bits per heavy atom. The molecule has 3 rings (SSSR count). The molecule has 0 aromatic heterocycles. The number of hydrogen-bond donors (Lipinski definition) is 1. The van der Waals surface area contributed by atoms with Gasteiger partial charge in [-0.15, -0.1) is 0 Å². The molecule has 3 aromatic carbocycles. The molecule has 0 saturated heterocycles. The molecule has 2 nitrogen and oxygen atoms in total. The number of carbonyl (C=O) groups is 1. The highest BCUT2D eigenvalue weighted by Crippen LogP contribution is 2.20. The summed E-state index contributed by atoms with van der Waals surface area (Å²) in [4.78, 5) is 12.3. The number of hydrogen-bond acceptors (Lipinski definition) is 2. The first-order valence-electron chi connectivity index (χ1n) is 7.70. The largest absolute Gasteiger partial charge is 0.507 e. The topological polar surface area (TPSA) is 37.3 Å². The van der Waals surface area contributed by atoms with Crippen LogP contribution in [-0.2, 0) is 6.42 Å². The Hall–Kier alpha value is -2.87. The number of allylic oxidation sites excluding steroid dienone is 1. The lowest BCUT2D eigenvalue weighted by molar-refractivity contribution is 0.104. The first kappa shape index (κ1) is 15.0. The third-order valence-electron chi connectivity index (χ3n) is 3.96. The third kappa shape index (κ3) is 3.32. The Balaban J connectivity index is 1.88. The molecule has 0 fully saturated rings. The van der Waals surface area contributed by atoms with Crippen LogP contribution in [-0.4, -0.2) is 10.9 Å². The molecule has 0 heterocycles. The van der Waals surface area contributed by atoms with Gasteiger partial charge in [-0.1, -0.05) is 67.6 Å². The number of aryl methyl sites for hydroxylation is 1. The molecule has 3 aromatic rings. The molecule has 0 aliphatic rings. The maximum atomic E-state index is 12.3. The van der Waals surface area contributed by atoms with Crippen molar-refractivity contribution < 1.29 is 9.90 Å². The number of carbonyl (C=O) groups excluding carboxylic acids is 1. The fourth-order valence-corrected chi connectivity index (χ4v) is 2.54. The molecule has 0 amide bonds. The highest BCUT2D eigenvalue weighted by molar-refractivity contribution is 6.08. The molecule has 0 atom stereocenters. The van der Waals surface area contributed by atoms with Crippen molar-refractivity contribution in [3.8, 4) is 0 Å². The predicted molar refractivity (Wildman–Crippen MR) is 94.7 cm³/mol. The molecule has 114 valence electrons. The summed E-state index contributed by atoms with van der Waals surface area (Å²) < 4.78 is 0. The molecule has 0 spiro atoms. The average Bonchev–Trinajstić information content (AvgIpc) is 2.61. The Morgan fingerprint density at radius 3 is 2.26 bits per heavy atom. The van der Waals surface area contributed by atoms with Gasteiger partial charge in [-0.2, -0.15) is 0 Å². The minimum atomic E-state index is -0.196. The minimum Gasteiger partial charge on any atom is -0.507 e. The smallest absolute Gasteiger partial charge is 0.189 e. The van der Waals surface area contributed by atoms with Crippen LogP contribution in [0.25, 0.3) is 16.5 Å². The maximum Gasteiger partial charge on any atom is 0.189 e. The molecule has 0 aliphatic carbocycles. The van der Waals surface area contributed by atoms with Crippen LogP contribution in [0.1, 0.15) is 28.4 Å². The Kier molecular flexibility index (Phi) is 4.24. The Labute approximate surface area is 135 Å². The molecule has 0 saturated carbocycles. The molecule has 2 heteroatoms. The van der Waals surface area contributed by atoms with E-state index in [0.717, 1.165) is 17.2 Å². The number of aliphatic hydroxyl groups excluding tert-OH is 1. The summed E-state index contributed by atoms with van der Waals surface area (Å²) in [5.41, 5.74) is 2.40. The molecule has 0 bridgehead atoms. The van der Waals surface area contributed by atoms with Crippen molar-refractivity contribution >= 4 is 22.3 Å². The van der Waals surface area contributed by atoms with Gasteiger partial charge < -0.3 is 5.11 Å². The van der Waals surface area contributed by atoms with Crippen LogP contribution in [0.3, 0.4) is 0 Å². The lowest BCUT2D eigenvalue weighted by atomic mass is 10.0. The summed E-state index contributed by atoms with van der Waals surface area (Å²) in [5.74, 6) is -0.210. The molecule has 0 radical (unpaired) electrons. The second kappa shape index (κ2) is 6.49. The predicted octanol–water partition coefficient (Wildman–Crippen LogP) is 5.18. The molecule has 0 aliphatic heterocycles. The summed E-state index contributed by atoms with van der Waals surface area (Å²) >= 11 is 0. The lowest BCUT2D eigenvalue weighted by Crippen LogP contribution is -1.97.